The molecular weight excluding hydrogens is 417 g/mol. The molecule has 0 aliphatic heterocycles. The first-order valence-corrected chi connectivity index (χ1v) is 8.26. The second kappa shape index (κ2) is 5.66. The molecule has 106 valence electrons. The van der Waals surface area contributed by atoms with Gasteiger partial charge in [-0.05, 0) is 40.2 Å². The van der Waals surface area contributed by atoms with E-state index in [0.717, 1.165) is 6.07 Å². The summed E-state index contributed by atoms with van der Waals surface area (Å²) < 4.78 is 40.6. The van der Waals surface area contributed by atoms with Crippen LogP contribution in [0, 0.1) is 5.95 Å². The number of hydrogen-bond donors (Lipinski definition) is 2. The van der Waals surface area contributed by atoms with E-state index in [9.17, 15) is 12.8 Å². The molecule has 0 fully saturated rings. The van der Waals surface area contributed by atoms with E-state index in [1.54, 1.807) is 6.07 Å². The van der Waals surface area contributed by atoms with Gasteiger partial charge in [0.15, 0.2) is 0 Å². The molecule has 2 aromatic rings. The number of rotatable bonds is 3. The number of anilines is 2. The molecule has 0 saturated heterocycles. The van der Waals surface area contributed by atoms with Crippen LogP contribution < -0.4 is 10.5 Å². The Morgan fingerprint density at radius 3 is 2.55 bits per heavy atom. The molecule has 0 saturated carbocycles. The van der Waals surface area contributed by atoms with Gasteiger partial charge < -0.3 is 5.73 Å². The van der Waals surface area contributed by atoms with Crippen LogP contribution in [-0.2, 0) is 10.0 Å². The fourth-order valence-corrected chi connectivity index (χ4v) is 4.59. The lowest BCUT2D eigenvalue weighted by Crippen LogP contribution is -2.16. The molecule has 0 radical (unpaired) electrons. The van der Waals surface area contributed by atoms with E-state index in [-0.39, 0.29) is 20.9 Å². The number of nitrogens with two attached hydrogens (primary N) is 1. The lowest BCUT2D eigenvalue weighted by molar-refractivity contribution is 0.584. The van der Waals surface area contributed by atoms with E-state index < -0.39 is 16.0 Å². The minimum atomic E-state index is -3.98. The predicted octanol–water partition coefficient (Wildman–Crippen LogP) is 3.13. The third kappa shape index (κ3) is 3.28. The number of nitrogen functional groups attached to an aromatic ring is 1. The van der Waals surface area contributed by atoms with Gasteiger partial charge in [0.05, 0.1) is 5.69 Å². The van der Waals surface area contributed by atoms with Crippen molar-refractivity contribution in [2.75, 3.05) is 10.5 Å². The first kappa shape index (κ1) is 15.2. The highest BCUT2D eigenvalue weighted by Crippen LogP contribution is 2.32. The van der Waals surface area contributed by atoms with Crippen LogP contribution in [0.4, 0.5) is 15.9 Å². The standard InChI is InChI=1S/C11H8Br2FN3O2S/c12-6-4-7(13)11(8(15)5-6)20(18,19)17-10-3-1-2-9(14)16-10/h1-5H,15H2,(H,16,17). The summed E-state index contributed by atoms with van der Waals surface area (Å²) in [6, 6.07) is 6.80. The highest BCUT2D eigenvalue weighted by atomic mass is 79.9. The maximum Gasteiger partial charge on any atom is 0.266 e. The van der Waals surface area contributed by atoms with Crippen LogP contribution in [0.25, 0.3) is 0 Å². The largest absolute Gasteiger partial charge is 0.398 e. The Kier molecular flexibility index (Phi) is 4.31. The number of benzene rings is 1. The fourth-order valence-electron chi connectivity index (χ4n) is 1.52. The molecule has 2 rings (SSSR count). The molecule has 1 aromatic heterocycles. The van der Waals surface area contributed by atoms with E-state index in [0.29, 0.717) is 4.47 Å². The van der Waals surface area contributed by atoms with Gasteiger partial charge in [-0.2, -0.15) is 4.39 Å². The minimum Gasteiger partial charge on any atom is -0.398 e. The Balaban J connectivity index is 2.46. The summed E-state index contributed by atoms with van der Waals surface area (Å²) in [5.74, 6) is -0.910. The number of nitrogens with zero attached hydrogens (tertiary/aromatic N) is 1. The average Bonchev–Trinajstić information content (AvgIpc) is 2.25. The minimum absolute atomic E-state index is 0.0511. The third-order valence-electron chi connectivity index (χ3n) is 2.26. The molecule has 0 aliphatic carbocycles. The molecule has 0 unspecified atom stereocenters. The van der Waals surface area contributed by atoms with Crippen LogP contribution in [-0.4, -0.2) is 13.4 Å². The van der Waals surface area contributed by atoms with E-state index in [1.807, 2.05) is 0 Å². The summed E-state index contributed by atoms with van der Waals surface area (Å²) >= 11 is 6.34. The summed E-state index contributed by atoms with van der Waals surface area (Å²) in [6.07, 6.45) is 0. The Morgan fingerprint density at radius 1 is 1.25 bits per heavy atom. The van der Waals surface area contributed by atoms with Crippen LogP contribution in [0.15, 0.2) is 44.2 Å². The summed E-state index contributed by atoms with van der Waals surface area (Å²) in [4.78, 5) is 3.31. The predicted molar refractivity (Wildman–Crippen MR) is 81.3 cm³/mol. The van der Waals surface area contributed by atoms with Crippen molar-refractivity contribution >= 4 is 53.4 Å². The monoisotopic (exact) mass is 423 g/mol. The molecule has 0 amide bonds. The van der Waals surface area contributed by atoms with Crippen molar-refractivity contribution in [2.45, 2.75) is 4.90 Å². The van der Waals surface area contributed by atoms with E-state index in [4.69, 9.17) is 5.73 Å². The van der Waals surface area contributed by atoms with Crippen LogP contribution in [0.1, 0.15) is 0 Å². The number of sulfonamides is 1. The fraction of sp³-hybridized carbons (Fsp3) is 0. The average molecular weight is 425 g/mol. The number of halogens is 3. The zero-order valence-corrected chi connectivity index (χ0v) is 13.8. The molecule has 5 nitrogen and oxygen atoms in total. The van der Waals surface area contributed by atoms with E-state index in [1.165, 1.54) is 18.2 Å². The van der Waals surface area contributed by atoms with Crippen LogP contribution in [0.2, 0.25) is 0 Å². The van der Waals surface area contributed by atoms with Crippen molar-refractivity contribution in [3.63, 3.8) is 0 Å². The molecular formula is C11H8Br2FN3O2S. The number of pyridine rings is 1. The molecule has 20 heavy (non-hydrogen) atoms. The zero-order chi connectivity index (χ0) is 14.9. The molecule has 0 aliphatic rings. The van der Waals surface area contributed by atoms with Gasteiger partial charge in [-0.15, -0.1) is 0 Å². The van der Waals surface area contributed by atoms with Crippen LogP contribution >= 0.6 is 31.9 Å². The van der Waals surface area contributed by atoms with Crippen molar-refractivity contribution in [3.8, 4) is 0 Å². The quantitative estimate of drug-likeness (QED) is 0.585. The summed E-state index contributed by atoms with van der Waals surface area (Å²) in [5.41, 5.74) is 5.77. The third-order valence-corrected chi connectivity index (χ3v) is 5.08. The Hall–Kier alpha value is -1.19. The first-order chi connectivity index (χ1) is 9.29. The Bertz CT molecular complexity index is 745. The smallest absolute Gasteiger partial charge is 0.266 e. The molecule has 1 aromatic carbocycles. The number of nitrogens with one attached hydrogen (secondary N) is 1. The van der Waals surface area contributed by atoms with Gasteiger partial charge in [0.1, 0.15) is 10.7 Å². The number of hydrogen-bond acceptors (Lipinski definition) is 4. The normalized spacial score (nSPS) is 11.3. The van der Waals surface area contributed by atoms with Gasteiger partial charge in [0.2, 0.25) is 5.95 Å². The van der Waals surface area contributed by atoms with E-state index in [2.05, 4.69) is 41.6 Å². The lowest BCUT2D eigenvalue weighted by Gasteiger charge is -2.11. The SMILES string of the molecule is Nc1cc(Br)cc(Br)c1S(=O)(=O)Nc1cccc(F)n1. The lowest BCUT2D eigenvalue weighted by atomic mass is 10.3. The Labute approximate surface area is 131 Å². The maximum absolute atomic E-state index is 13.0. The summed E-state index contributed by atoms with van der Waals surface area (Å²) in [6.45, 7) is 0. The Morgan fingerprint density at radius 2 is 1.95 bits per heavy atom. The molecule has 9 heteroatoms. The van der Waals surface area contributed by atoms with Crippen molar-refractivity contribution in [1.29, 1.82) is 0 Å². The van der Waals surface area contributed by atoms with Gasteiger partial charge >= 0.3 is 0 Å². The van der Waals surface area contributed by atoms with Gasteiger partial charge in [-0.25, -0.2) is 13.4 Å². The van der Waals surface area contributed by atoms with Gasteiger partial charge in [0, 0.05) is 8.95 Å². The van der Waals surface area contributed by atoms with Gasteiger partial charge in [-0.1, -0.05) is 22.0 Å². The summed E-state index contributed by atoms with van der Waals surface area (Å²) in [7, 11) is -3.98. The highest BCUT2D eigenvalue weighted by Gasteiger charge is 2.22. The second-order valence-corrected chi connectivity index (χ2v) is 7.15. The first-order valence-electron chi connectivity index (χ1n) is 5.19. The van der Waals surface area contributed by atoms with E-state index >= 15 is 0 Å². The highest BCUT2D eigenvalue weighted by molar-refractivity contribution is 9.11. The molecule has 0 bridgehead atoms. The van der Waals surface area contributed by atoms with Crippen LogP contribution in [0.3, 0.4) is 0 Å². The zero-order valence-electron chi connectivity index (χ0n) is 9.77. The van der Waals surface area contributed by atoms with Crippen molar-refractivity contribution in [3.05, 3.63) is 45.2 Å². The summed E-state index contributed by atoms with van der Waals surface area (Å²) in [5, 5.41) is 0. The van der Waals surface area contributed by atoms with Crippen molar-refractivity contribution < 1.29 is 12.8 Å². The maximum atomic E-state index is 13.0. The molecule has 0 spiro atoms. The van der Waals surface area contributed by atoms with Gasteiger partial charge in [0.25, 0.3) is 10.0 Å². The molecule has 3 N–H and O–H groups in total. The molecule has 0 atom stereocenters. The van der Waals surface area contributed by atoms with Crippen molar-refractivity contribution in [1.82, 2.24) is 4.98 Å². The van der Waals surface area contributed by atoms with Gasteiger partial charge in [-0.3, -0.25) is 4.72 Å². The van der Waals surface area contributed by atoms with Crippen molar-refractivity contribution in [2.24, 2.45) is 0 Å². The van der Waals surface area contributed by atoms with Crippen LogP contribution in [0.5, 0.6) is 0 Å². The number of aromatic nitrogens is 1. The topological polar surface area (TPSA) is 85.1 Å². The molecule has 1 heterocycles. The second-order valence-electron chi connectivity index (χ2n) is 3.76.